The Kier molecular flexibility index (Phi) is 6.45. The molecule has 6 nitrogen and oxygen atoms in total. The molecule has 3 N–H and O–H groups in total. The topological polar surface area (TPSA) is 73.5 Å². The SMILES string of the molecule is CCN(CC(=O)NC(=O)NC1CCCCC1)C1CCNC1. The highest BCUT2D eigenvalue weighted by Gasteiger charge is 2.24. The van der Waals surface area contributed by atoms with Gasteiger partial charge in [0.2, 0.25) is 5.91 Å². The van der Waals surface area contributed by atoms with Crippen LogP contribution in [-0.4, -0.2) is 55.1 Å². The monoisotopic (exact) mass is 296 g/mol. The fourth-order valence-corrected chi connectivity index (χ4v) is 3.27. The molecule has 0 spiro atoms. The largest absolute Gasteiger partial charge is 0.335 e. The number of hydrogen-bond donors (Lipinski definition) is 3. The maximum absolute atomic E-state index is 12.0. The number of carbonyl (C=O) groups excluding carboxylic acids is 2. The van der Waals surface area contributed by atoms with Crippen molar-refractivity contribution in [3.8, 4) is 0 Å². The third kappa shape index (κ3) is 5.28. The number of urea groups is 1. The van der Waals surface area contributed by atoms with Gasteiger partial charge in [0.25, 0.3) is 0 Å². The summed E-state index contributed by atoms with van der Waals surface area (Å²) in [4.78, 5) is 26.0. The molecule has 0 aromatic heterocycles. The highest BCUT2D eigenvalue weighted by atomic mass is 16.2. The first-order valence-electron chi connectivity index (χ1n) is 8.24. The molecule has 2 aliphatic rings. The van der Waals surface area contributed by atoms with E-state index in [-0.39, 0.29) is 18.0 Å². The summed E-state index contributed by atoms with van der Waals surface area (Å²) < 4.78 is 0. The predicted octanol–water partition coefficient (Wildman–Crippen LogP) is 0.829. The minimum Gasteiger partial charge on any atom is -0.335 e. The van der Waals surface area contributed by atoms with Crippen LogP contribution in [0.3, 0.4) is 0 Å². The average Bonchev–Trinajstić information content (AvgIpc) is 2.99. The number of amides is 3. The molecule has 1 saturated carbocycles. The standard InChI is InChI=1S/C15H28N4O2/c1-2-19(13-8-9-16-10-13)11-14(20)18-15(21)17-12-6-4-3-5-7-12/h12-13,16H,2-11H2,1H3,(H2,17,18,20,21). The third-order valence-corrected chi connectivity index (χ3v) is 4.50. The summed E-state index contributed by atoms with van der Waals surface area (Å²) in [5.41, 5.74) is 0. The highest BCUT2D eigenvalue weighted by Crippen LogP contribution is 2.17. The maximum Gasteiger partial charge on any atom is 0.321 e. The van der Waals surface area contributed by atoms with E-state index in [1.165, 1.54) is 6.42 Å². The van der Waals surface area contributed by atoms with E-state index in [0.717, 1.165) is 51.7 Å². The average molecular weight is 296 g/mol. The molecule has 2 fully saturated rings. The second-order valence-corrected chi connectivity index (χ2v) is 6.07. The number of nitrogens with one attached hydrogen (secondary N) is 3. The predicted molar refractivity (Wildman–Crippen MR) is 82.1 cm³/mol. The van der Waals surface area contributed by atoms with Gasteiger partial charge in [0, 0.05) is 18.6 Å². The Bertz CT molecular complexity index is 350. The Balaban J connectivity index is 1.70. The maximum atomic E-state index is 12.0. The van der Waals surface area contributed by atoms with Crippen molar-refractivity contribution in [1.82, 2.24) is 20.9 Å². The molecule has 1 aliphatic carbocycles. The summed E-state index contributed by atoms with van der Waals surface area (Å²) in [7, 11) is 0. The lowest BCUT2D eigenvalue weighted by Crippen LogP contribution is -2.49. The van der Waals surface area contributed by atoms with E-state index in [1.54, 1.807) is 0 Å². The zero-order valence-corrected chi connectivity index (χ0v) is 13.0. The van der Waals surface area contributed by atoms with E-state index in [0.29, 0.717) is 12.6 Å². The summed E-state index contributed by atoms with van der Waals surface area (Å²) in [6.07, 6.45) is 6.69. The van der Waals surface area contributed by atoms with Gasteiger partial charge in [-0.2, -0.15) is 0 Å². The Morgan fingerprint density at radius 2 is 1.95 bits per heavy atom. The lowest BCUT2D eigenvalue weighted by Gasteiger charge is -2.26. The Labute approximate surface area is 127 Å². The third-order valence-electron chi connectivity index (χ3n) is 4.50. The molecular formula is C15H28N4O2. The van der Waals surface area contributed by atoms with Gasteiger partial charge in [-0.05, 0) is 32.4 Å². The molecule has 1 unspecified atom stereocenters. The van der Waals surface area contributed by atoms with E-state index >= 15 is 0 Å². The number of rotatable bonds is 5. The summed E-state index contributed by atoms with van der Waals surface area (Å²) in [5.74, 6) is -0.211. The van der Waals surface area contributed by atoms with Crippen LogP contribution < -0.4 is 16.0 Å². The van der Waals surface area contributed by atoms with Crippen molar-refractivity contribution in [2.24, 2.45) is 0 Å². The summed E-state index contributed by atoms with van der Waals surface area (Å²) >= 11 is 0. The quantitative estimate of drug-likeness (QED) is 0.702. The highest BCUT2D eigenvalue weighted by molar-refractivity contribution is 5.95. The molecule has 120 valence electrons. The summed E-state index contributed by atoms with van der Waals surface area (Å²) in [6, 6.07) is 0.294. The minimum absolute atomic E-state index is 0.211. The van der Waals surface area contributed by atoms with Crippen molar-refractivity contribution < 1.29 is 9.59 Å². The van der Waals surface area contributed by atoms with Gasteiger partial charge in [0.1, 0.15) is 0 Å². The minimum atomic E-state index is -0.340. The Morgan fingerprint density at radius 1 is 1.19 bits per heavy atom. The lowest BCUT2D eigenvalue weighted by molar-refractivity contribution is -0.121. The van der Waals surface area contributed by atoms with Gasteiger partial charge in [-0.25, -0.2) is 4.79 Å². The van der Waals surface area contributed by atoms with Crippen LogP contribution in [0, 0.1) is 0 Å². The van der Waals surface area contributed by atoms with Crippen LogP contribution in [0.15, 0.2) is 0 Å². The van der Waals surface area contributed by atoms with Crippen LogP contribution >= 0.6 is 0 Å². The Hall–Kier alpha value is -1.14. The summed E-state index contributed by atoms with van der Waals surface area (Å²) in [5, 5.41) is 8.68. The van der Waals surface area contributed by atoms with Crippen molar-refractivity contribution in [2.75, 3.05) is 26.2 Å². The molecule has 0 bridgehead atoms. The van der Waals surface area contributed by atoms with Crippen LogP contribution in [0.5, 0.6) is 0 Å². The molecular weight excluding hydrogens is 268 g/mol. The van der Waals surface area contributed by atoms with E-state index < -0.39 is 0 Å². The van der Waals surface area contributed by atoms with Crippen molar-refractivity contribution in [2.45, 2.75) is 57.5 Å². The summed E-state index contributed by atoms with van der Waals surface area (Å²) in [6.45, 7) is 5.10. The van der Waals surface area contributed by atoms with E-state index in [1.807, 2.05) is 6.92 Å². The van der Waals surface area contributed by atoms with Gasteiger partial charge in [0.15, 0.2) is 0 Å². The lowest BCUT2D eigenvalue weighted by atomic mass is 9.96. The zero-order chi connectivity index (χ0) is 15.1. The first kappa shape index (κ1) is 16.2. The van der Waals surface area contributed by atoms with Crippen LogP contribution in [0.2, 0.25) is 0 Å². The van der Waals surface area contributed by atoms with Crippen molar-refractivity contribution in [3.63, 3.8) is 0 Å². The second kappa shape index (κ2) is 8.34. The molecule has 2 rings (SSSR count). The van der Waals surface area contributed by atoms with Crippen molar-refractivity contribution in [1.29, 1.82) is 0 Å². The Morgan fingerprint density at radius 3 is 2.57 bits per heavy atom. The molecule has 0 radical (unpaired) electrons. The molecule has 1 aliphatic heterocycles. The fourth-order valence-electron chi connectivity index (χ4n) is 3.27. The molecule has 21 heavy (non-hydrogen) atoms. The first-order chi connectivity index (χ1) is 10.2. The smallest absolute Gasteiger partial charge is 0.321 e. The van der Waals surface area contributed by atoms with Crippen molar-refractivity contribution in [3.05, 3.63) is 0 Å². The number of nitrogens with zero attached hydrogens (tertiary/aromatic N) is 1. The van der Waals surface area contributed by atoms with E-state index in [2.05, 4.69) is 20.9 Å². The van der Waals surface area contributed by atoms with E-state index in [4.69, 9.17) is 0 Å². The van der Waals surface area contributed by atoms with Gasteiger partial charge in [0.05, 0.1) is 6.54 Å². The van der Waals surface area contributed by atoms with Gasteiger partial charge < -0.3 is 10.6 Å². The van der Waals surface area contributed by atoms with Gasteiger partial charge in [-0.1, -0.05) is 26.2 Å². The number of carbonyl (C=O) groups is 2. The van der Waals surface area contributed by atoms with Crippen molar-refractivity contribution >= 4 is 11.9 Å². The van der Waals surface area contributed by atoms with E-state index in [9.17, 15) is 9.59 Å². The van der Waals surface area contributed by atoms with Crippen LogP contribution in [0.1, 0.15) is 45.4 Å². The van der Waals surface area contributed by atoms with Crippen LogP contribution in [-0.2, 0) is 4.79 Å². The molecule has 6 heteroatoms. The van der Waals surface area contributed by atoms with Gasteiger partial charge in [-0.15, -0.1) is 0 Å². The molecule has 1 heterocycles. The molecule has 0 aromatic carbocycles. The van der Waals surface area contributed by atoms with Gasteiger partial charge >= 0.3 is 6.03 Å². The van der Waals surface area contributed by atoms with Gasteiger partial charge in [-0.3, -0.25) is 15.0 Å². The fraction of sp³-hybridized carbons (Fsp3) is 0.867. The molecule has 1 atom stereocenters. The van der Waals surface area contributed by atoms with Crippen LogP contribution in [0.4, 0.5) is 4.79 Å². The molecule has 0 aromatic rings. The first-order valence-corrected chi connectivity index (χ1v) is 8.24. The zero-order valence-electron chi connectivity index (χ0n) is 13.0. The molecule has 3 amide bonds. The number of likely N-dealkylation sites (N-methyl/N-ethyl adjacent to an activating group) is 1. The molecule has 1 saturated heterocycles. The second-order valence-electron chi connectivity index (χ2n) is 6.07. The number of imide groups is 1. The normalized spacial score (nSPS) is 23.2. The number of hydrogen-bond acceptors (Lipinski definition) is 4. The van der Waals surface area contributed by atoms with Crippen LogP contribution in [0.25, 0.3) is 0 Å².